The van der Waals surface area contributed by atoms with Gasteiger partial charge in [-0.2, -0.15) is 0 Å². The number of rotatable bonds is 6. The summed E-state index contributed by atoms with van der Waals surface area (Å²) in [6, 6.07) is 10.3. The second kappa shape index (κ2) is 12.5. The molecule has 0 saturated carbocycles. The molecule has 1 radical (unpaired) electrons. The van der Waals surface area contributed by atoms with Crippen LogP contribution in [0.25, 0.3) is 21.7 Å². The van der Waals surface area contributed by atoms with Crippen molar-refractivity contribution in [3.05, 3.63) is 51.4 Å². The zero-order chi connectivity index (χ0) is 36.0. The third-order valence-electron chi connectivity index (χ3n) is 12.6. The number of hydrogen-bond acceptors (Lipinski definition) is 8. The van der Waals surface area contributed by atoms with E-state index in [0.717, 1.165) is 44.8 Å². The van der Waals surface area contributed by atoms with Crippen LogP contribution in [0.3, 0.4) is 0 Å². The molecule has 267 valence electrons. The molecule has 5 atom stereocenters. The van der Waals surface area contributed by atoms with Gasteiger partial charge in [0.15, 0.2) is 0 Å². The first-order valence-electron chi connectivity index (χ1n) is 17.7. The number of aliphatic hydroxyl groups is 2. The Morgan fingerprint density at radius 3 is 2.60 bits per heavy atom. The van der Waals surface area contributed by atoms with Crippen LogP contribution in [0.5, 0.6) is 5.75 Å². The Morgan fingerprint density at radius 2 is 1.90 bits per heavy atom. The van der Waals surface area contributed by atoms with Gasteiger partial charge in [-0.3, -0.25) is 4.79 Å². The monoisotopic (exact) mass is 765 g/mol. The van der Waals surface area contributed by atoms with E-state index in [4.69, 9.17) is 18.7 Å². The summed E-state index contributed by atoms with van der Waals surface area (Å²) < 4.78 is 27.4. The maximum absolute atomic E-state index is 14.9. The second-order valence-corrected chi connectivity index (χ2v) is 17.9. The predicted molar refractivity (Wildman–Crippen MR) is 200 cm³/mol. The van der Waals surface area contributed by atoms with E-state index in [2.05, 4.69) is 44.1 Å². The lowest BCUT2D eigenvalue weighted by molar-refractivity contribution is -0.184. The first-order valence-corrected chi connectivity index (χ1v) is 19.4. The van der Waals surface area contributed by atoms with Gasteiger partial charge >= 0.3 is 14.4 Å². The van der Waals surface area contributed by atoms with Crippen molar-refractivity contribution in [3.63, 3.8) is 0 Å². The smallest absolute Gasteiger partial charge is 0.439 e. The van der Waals surface area contributed by atoms with Crippen molar-refractivity contribution in [2.24, 2.45) is 5.92 Å². The predicted octanol–water partition coefficient (Wildman–Crippen LogP) is 6.71. The summed E-state index contributed by atoms with van der Waals surface area (Å²) >= 11 is 5.34. The van der Waals surface area contributed by atoms with Gasteiger partial charge in [0, 0.05) is 35.5 Å². The lowest BCUT2D eigenvalue weighted by Gasteiger charge is -2.52. The zero-order valence-corrected chi connectivity index (χ0v) is 32.7. The number of aryl methyl sites for hydroxylation is 1. The highest BCUT2D eigenvalue weighted by Crippen LogP contribution is 2.50. The number of methoxy groups -OCH3 is 1. The van der Waals surface area contributed by atoms with Crippen LogP contribution in [0.15, 0.2) is 40.2 Å². The number of amides is 1. The molecule has 7 rings (SSSR count). The normalized spacial score (nSPS) is 30.5. The van der Waals surface area contributed by atoms with E-state index in [9.17, 15) is 15.0 Å². The van der Waals surface area contributed by atoms with Gasteiger partial charge < -0.3 is 38.4 Å². The topological polar surface area (TPSA) is 103 Å². The lowest BCUT2D eigenvalue weighted by Crippen LogP contribution is -2.63. The highest BCUT2D eigenvalue weighted by Gasteiger charge is 2.61. The summed E-state index contributed by atoms with van der Waals surface area (Å²) in [5.74, 6) is 0.330. The van der Waals surface area contributed by atoms with Crippen molar-refractivity contribution in [3.8, 4) is 27.4 Å². The van der Waals surface area contributed by atoms with Crippen molar-refractivity contribution < 1.29 is 33.7 Å². The number of nitrogens with zero attached hydrogens (tertiary/aromatic N) is 2. The Hall–Kier alpha value is -2.12. The minimum absolute atomic E-state index is 0.0211. The maximum Gasteiger partial charge on any atom is 0.439 e. The van der Waals surface area contributed by atoms with Gasteiger partial charge in [-0.1, -0.05) is 13.0 Å². The number of hydrogen-bond donors (Lipinski definition) is 2. The van der Waals surface area contributed by atoms with Gasteiger partial charge in [-0.25, -0.2) is 0 Å². The molecular formula is C37H48B2BrN2O7S. The minimum atomic E-state index is -1.46. The Bertz CT molecular complexity index is 1800. The van der Waals surface area contributed by atoms with Crippen LogP contribution in [0, 0.1) is 5.92 Å². The molecule has 1 aromatic carbocycles. The number of aliphatic hydroxyl groups excluding tert-OH is 1. The number of likely N-dealkylation sites (tertiary alicyclic amines) is 1. The standard InChI is InChI=1S/C37H48B2BrN2O7S/c1-22-20-36(7)33(2,3)48-39(49-36)38-47-34(4,5)37(22,45)21-30(43)35(6)13-10-14-42(35)32(44)27-19-25(29-11-9-16-50-29)31-24-18-26(40)28(46-8)17-23(24)12-15-41(27)31/h9,11,16-19,22,30,43,45H,10,12-15,20-21H2,1-8H3/t22?,30-,35-,36?,37?/m1/s1. The Labute approximate surface area is 309 Å². The molecule has 3 aromatic rings. The fourth-order valence-corrected chi connectivity index (χ4v) is 10.2. The first-order chi connectivity index (χ1) is 23.4. The van der Waals surface area contributed by atoms with Gasteiger partial charge in [0.2, 0.25) is 0 Å². The molecule has 9 nitrogen and oxygen atoms in total. The van der Waals surface area contributed by atoms with E-state index >= 15 is 0 Å². The number of aromatic nitrogens is 1. The molecule has 13 heteroatoms. The summed E-state index contributed by atoms with van der Waals surface area (Å²) in [6.07, 6.45) is 1.60. The fourth-order valence-electron chi connectivity index (χ4n) is 8.91. The van der Waals surface area contributed by atoms with E-state index in [0.29, 0.717) is 31.6 Å². The van der Waals surface area contributed by atoms with Crippen LogP contribution >= 0.6 is 27.3 Å². The molecular weight excluding hydrogens is 718 g/mol. The number of fused-ring (bicyclic) bond motifs is 5. The van der Waals surface area contributed by atoms with Gasteiger partial charge in [-0.15, -0.1) is 11.3 Å². The van der Waals surface area contributed by atoms with Crippen LogP contribution in [0.4, 0.5) is 0 Å². The summed E-state index contributed by atoms with van der Waals surface area (Å²) in [7, 11) is 2.53. The second-order valence-electron chi connectivity index (χ2n) is 16.1. The van der Waals surface area contributed by atoms with Crippen LogP contribution < -0.4 is 4.74 Å². The zero-order valence-electron chi connectivity index (χ0n) is 30.3. The van der Waals surface area contributed by atoms with Crippen LogP contribution in [0.1, 0.15) is 90.2 Å². The van der Waals surface area contributed by atoms with E-state index in [1.807, 2.05) is 65.5 Å². The molecule has 4 aliphatic rings. The van der Waals surface area contributed by atoms with E-state index in [-0.39, 0.29) is 18.2 Å². The molecule has 3 unspecified atom stereocenters. The Morgan fingerprint density at radius 1 is 1.14 bits per heavy atom. The van der Waals surface area contributed by atoms with Crippen molar-refractivity contribution in [1.29, 1.82) is 0 Å². The summed E-state index contributed by atoms with van der Waals surface area (Å²) in [4.78, 5) is 17.8. The van der Waals surface area contributed by atoms with Gasteiger partial charge in [0.05, 0.1) is 51.3 Å². The number of carbonyl (C=O) groups excluding carboxylic acids is 1. The molecule has 4 aliphatic heterocycles. The largest absolute Gasteiger partial charge is 0.496 e. The quantitative estimate of drug-likeness (QED) is 0.269. The van der Waals surface area contributed by atoms with Crippen molar-refractivity contribution in [2.75, 3.05) is 13.7 Å². The molecule has 3 saturated heterocycles. The number of ether oxygens (including phenoxy) is 1. The molecule has 0 spiro atoms. The SMILES string of the molecule is COc1cc2c(cc1Br)-c1c(-c3cccs3)cc(C(=O)N3CCC[C@]3(C)[C@H](O)CC3(O)C(C)CC4(C)OB([B]OC3(C)C)OC4(C)C)n1CC2. The first kappa shape index (κ1) is 36.2. The third-order valence-corrected chi connectivity index (χ3v) is 14.1. The van der Waals surface area contributed by atoms with Crippen LogP contribution in [0.2, 0.25) is 0 Å². The van der Waals surface area contributed by atoms with E-state index < -0.39 is 41.1 Å². The molecule has 2 aromatic heterocycles. The molecule has 6 heterocycles. The van der Waals surface area contributed by atoms with Crippen LogP contribution in [-0.2, 0) is 26.9 Å². The number of carbonyl (C=O) groups is 1. The molecule has 2 bridgehead atoms. The average Bonchev–Trinajstić information content (AvgIpc) is 3.84. The summed E-state index contributed by atoms with van der Waals surface area (Å²) in [5.41, 5.74) is 0.121. The molecule has 0 aliphatic carbocycles. The highest BCUT2D eigenvalue weighted by molar-refractivity contribution is 9.10. The summed E-state index contributed by atoms with van der Waals surface area (Å²) in [6.45, 7) is 14.8. The fraction of sp³-hybridized carbons (Fsp3) is 0.595. The molecule has 50 heavy (non-hydrogen) atoms. The van der Waals surface area contributed by atoms with Gasteiger partial charge in [0.1, 0.15) is 11.4 Å². The average molecular weight is 766 g/mol. The molecule has 3 fully saturated rings. The Kier molecular flexibility index (Phi) is 9.06. The van der Waals surface area contributed by atoms with Gasteiger partial charge in [0.25, 0.3) is 5.91 Å². The molecule has 1 amide bonds. The van der Waals surface area contributed by atoms with Crippen LogP contribution in [-0.4, -0.2) is 87.7 Å². The van der Waals surface area contributed by atoms with Crippen molar-refractivity contribution >= 4 is 47.6 Å². The highest BCUT2D eigenvalue weighted by atomic mass is 79.9. The van der Waals surface area contributed by atoms with E-state index in [1.54, 1.807) is 18.4 Å². The minimum Gasteiger partial charge on any atom is -0.496 e. The number of halogens is 1. The van der Waals surface area contributed by atoms with Crippen molar-refractivity contribution in [2.45, 2.75) is 121 Å². The van der Waals surface area contributed by atoms with Crippen molar-refractivity contribution in [1.82, 2.24) is 9.47 Å². The lowest BCUT2D eigenvalue weighted by atomic mass is 9.55. The van der Waals surface area contributed by atoms with E-state index in [1.165, 1.54) is 12.9 Å². The maximum atomic E-state index is 14.9. The summed E-state index contributed by atoms with van der Waals surface area (Å²) in [5, 5.41) is 27.0. The number of benzene rings is 1. The van der Waals surface area contributed by atoms with Gasteiger partial charge in [-0.05, 0) is 124 Å². The Balaban J connectivity index is 1.23. The number of thiophene rings is 1. The molecule has 2 N–H and O–H groups in total. The third kappa shape index (κ3) is 5.56.